The molecule has 4 rings (SSSR count). The van der Waals surface area contributed by atoms with E-state index in [0.29, 0.717) is 50.8 Å². The molecule has 0 unspecified atom stereocenters. The third-order valence-electron chi connectivity index (χ3n) is 5.80. The number of amides is 1. The highest BCUT2D eigenvalue weighted by Gasteiger charge is 2.32. The van der Waals surface area contributed by atoms with Gasteiger partial charge in [-0.2, -0.15) is 13.2 Å². The van der Waals surface area contributed by atoms with E-state index in [9.17, 15) is 28.1 Å². The molecule has 2 aliphatic heterocycles. The van der Waals surface area contributed by atoms with Crippen molar-refractivity contribution in [1.82, 2.24) is 0 Å². The Hall–Kier alpha value is -3.34. The molecule has 2 aromatic carbocycles. The Labute approximate surface area is 188 Å². The van der Waals surface area contributed by atoms with Gasteiger partial charge >= 0.3 is 6.18 Å². The molecule has 11 heteroatoms. The molecule has 0 aromatic heterocycles. The number of rotatable bonds is 5. The van der Waals surface area contributed by atoms with Gasteiger partial charge in [0.1, 0.15) is 5.69 Å². The minimum Gasteiger partial charge on any atom is -0.378 e. The standard InChI is InChI=1S/C22H23F3N4O4/c23-22(24,25)16-4-6-18(27-7-1-2-8-27)17(14-16)26-21(30)15-3-5-19(20(13-15)29(31)32)28-9-11-33-12-10-28/h3-6,13-14H,1-2,7-12H2,(H,26,30). The summed E-state index contributed by atoms with van der Waals surface area (Å²) >= 11 is 0. The van der Waals surface area contributed by atoms with Crippen LogP contribution in [0.25, 0.3) is 0 Å². The third-order valence-corrected chi connectivity index (χ3v) is 5.80. The van der Waals surface area contributed by atoms with Crippen LogP contribution >= 0.6 is 0 Å². The molecule has 2 aliphatic rings. The van der Waals surface area contributed by atoms with Crippen LogP contribution in [0.1, 0.15) is 28.8 Å². The van der Waals surface area contributed by atoms with Gasteiger partial charge in [0, 0.05) is 37.8 Å². The number of carbonyl (C=O) groups is 1. The number of nitrogens with zero attached hydrogens (tertiary/aromatic N) is 3. The first-order chi connectivity index (χ1) is 15.7. The summed E-state index contributed by atoms with van der Waals surface area (Å²) in [5, 5.41) is 14.2. The topological polar surface area (TPSA) is 88.0 Å². The molecule has 0 atom stereocenters. The molecule has 2 aromatic rings. The maximum absolute atomic E-state index is 13.3. The van der Waals surface area contributed by atoms with Crippen molar-refractivity contribution in [2.24, 2.45) is 0 Å². The summed E-state index contributed by atoms with van der Waals surface area (Å²) in [6.07, 6.45) is -2.76. The van der Waals surface area contributed by atoms with Gasteiger partial charge in [-0.05, 0) is 43.2 Å². The zero-order valence-electron chi connectivity index (χ0n) is 17.7. The number of carbonyl (C=O) groups excluding carboxylic acids is 1. The molecule has 2 saturated heterocycles. The minimum atomic E-state index is -4.57. The molecule has 0 saturated carbocycles. The molecule has 176 valence electrons. The molecule has 8 nitrogen and oxygen atoms in total. The van der Waals surface area contributed by atoms with Crippen LogP contribution < -0.4 is 15.1 Å². The number of anilines is 3. The number of hydrogen-bond donors (Lipinski definition) is 1. The summed E-state index contributed by atoms with van der Waals surface area (Å²) < 4.78 is 45.1. The van der Waals surface area contributed by atoms with E-state index >= 15 is 0 Å². The van der Waals surface area contributed by atoms with Crippen molar-refractivity contribution in [3.63, 3.8) is 0 Å². The van der Waals surface area contributed by atoms with Crippen molar-refractivity contribution in [3.8, 4) is 0 Å². The van der Waals surface area contributed by atoms with Gasteiger partial charge in [-0.25, -0.2) is 0 Å². The Balaban J connectivity index is 1.64. The van der Waals surface area contributed by atoms with Gasteiger partial charge in [-0.15, -0.1) is 0 Å². The number of morpholine rings is 1. The second-order valence-corrected chi connectivity index (χ2v) is 7.94. The highest BCUT2D eigenvalue weighted by atomic mass is 19.4. The summed E-state index contributed by atoms with van der Waals surface area (Å²) in [5.74, 6) is -0.716. The van der Waals surface area contributed by atoms with Gasteiger partial charge in [-0.1, -0.05) is 0 Å². The van der Waals surface area contributed by atoms with Gasteiger partial charge in [-0.3, -0.25) is 14.9 Å². The van der Waals surface area contributed by atoms with Crippen LogP contribution in [-0.2, 0) is 10.9 Å². The van der Waals surface area contributed by atoms with E-state index in [4.69, 9.17) is 4.74 Å². The monoisotopic (exact) mass is 464 g/mol. The van der Waals surface area contributed by atoms with Crippen molar-refractivity contribution < 1.29 is 27.6 Å². The summed E-state index contributed by atoms with van der Waals surface area (Å²) in [5.41, 5.74) is -0.243. The van der Waals surface area contributed by atoms with Gasteiger partial charge in [0.25, 0.3) is 11.6 Å². The van der Waals surface area contributed by atoms with Gasteiger partial charge in [0.05, 0.1) is 35.1 Å². The number of halogens is 3. The summed E-state index contributed by atoms with van der Waals surface area (Å²) in [4.78, 5) is 27.8. The van der Waals surface area contributed by atoms with Crippen molar-refractivity contribution in [3.05, 3.63) is 57.6 Å². The number of ether oxygens (including phenoxy) is 1. The number of nitro benzene ring substituents is 1. The number of benzene rings is 2. The Bertz CT molecular complexity index is 1050. The number of nitro groups is 1. The predicted octanol–water partition coefficient (Wildman–Crippen LogP) is 4.30. The van der Waals surface area contributed by atoms with Crippen LogP contribution in [0.2, 0.25) is 0 Å². The Morgan fingerprint density at radius 1 is 0.970 bits per heavy atom. The van der Waals surface area contributed by atoms with Crippen molar-refractivity contribution in [2.75, 3.05) is 54.5 Å². The lowest BCUT2D eigenvalue weighted by molar-refractivity contribution is -0.384. The molecule has 2 heterocycles. The van der Waals surface area contributed by atoms with Crippen LogP contribution in [0.4, 0.5) is 35.9 Å². The lowest BCUT2D eigenvalue weighted by Gasteiger charge is -2.28. The molecule has 0 bridgehead atoms. The fraction of sp³-hybridized carbons (Fsp3) is 0.409. The van der Waals surface area contributed by atoms with Crippen LogP contribution in [-0.4, -0.2) is 50.2 Å². The van der Waals surface area contributed by atoms with Crippen LogP contribution in [0, 0.1) is 10.1 Å². The normalized spacial score (nSPS) is 16.7. The summed E-state index contributed by atoms with van der Waals surface area (Å²) in [7, 11) is 0. The molecular formula is C22H23F3N4O4. The average Bonchev–Trinajstić information content (AvgIpc) is 3.33. The Morgan fingerprint density at radius 2 is 1.61 bits per heavy atom. The molecule has 0 radical (unpaired) electrons. The highest BCUT2D eigenvalue weighted by molar-refractivity contribution is 6.06. The molecule has 1 amide bonds. The van der Waals surface area contributed by atoms with E-state index in [1.165, 1.54) is 18.2 Å². The Morgan fingerprint density at radius 3 is 2.24 bits per heavy atom. The molecular weight excluding hydrogens is 441 g/mol. The number of hydrogen-bond acceptors (Lipinski definition) is 6. The molecule has 33 heavy (non-hydrogen) atoms. The first kappa shape index (κ1) is 22.8. The van der Waals surface area contributed by atoms with Crippen LogP contribution in [0.5, 0.6) is 0 Å². The van der Waals surface area contributed by atoms with Gasteiger partial charge in [0.2, 0.25) is 0 Å². The van der Waals surface area contributed by atoms with E-state index in [0.717, 1.165) is 31.0 Å². The smallest absolute Gasteiger partial charge is 0.378 e. The van der Waals surface area contributed by atoms with Gasteiger partial charge in [0.15, 0.2) is 0 Å². The van der Waals surface area contributed by atoms with Crippen LogP contribution in [0.3, 0.4) is 0 Å². The van der Waals surface area contributed by atoms with E-state index in [1.54, 1.807) is 0 Å². The fourth-order valence-corrected chi connectivity index (χ4v) is 4.12. The quantitative estimate of drug-likeness (QED) is 0.524. The zero-order chi connectivity index (χ0) is 23.6. The van der Waals surface area contributed by atoms with E-state index in [-0.39, 0.29) is 16.9 Å². The fourth-order valence-electron chi connectivity index (χ4n) is 4.12. The largest absolute Gasteiger partial charge is 0.416 e. The first-order valence-electron chi connectivity index (χ1n) is 10.6. The van der Waals surface area contributed by atoms with Crippen molar-refractivity contribution >= 4 is 28.7 Å². The number of alkyl halides is 3. The minimum absolute atomic E-state index is 0.0107. The zero-order valence-corrected chi connectivity index (χ0v) is 17.7. The molecule has 0 aliphatic carbocycles. The van der Waals surface area contributed by atoms with E-state index < -0.39 is 22.6 Å². The second-order valence-electron chi connectivity index (χ2n) is 7.94. The van der Waals surface area contributed by atoms with Crippen molar-refractivity contribution in [2.45, 2.75) is 19.0 Å². The van der Waals surface area contributed by atoms with E-state index in [2.05, 4.69) is 5.32 Å². The van der Waals surface area contributed by atoms with Crippen LogP contribution in [0.15, 0.2) is 36.4 Å². The SMILES string of the molecule is O=C(Nc1cc(C(F)(F)F)ccc1N1CCCC1)c1ccc(N2CCOCC2)c([N+](=O)[O-])c1. The second kappa shape index (κ2) is 9.26. The summed E-state index contributed by atoms with van der Waals surface area (Å²) in [6.45, 7) is 3.19. The lowest BCUT2D eigenvalue weighted by Crippen LogP contribution is -2.36. The maximum Gasteiger partial charge on any atom is 0.416 e. The van der Waals surface area contributed by atoms with Gasteiger partial charge < -0.3 is 19.9 Å². The first-order valence-corrected chi connectivity index (χ1v) is 10.6. The maximum atomic E-state index is 13.3. The highest BCUT2D eigenvalue weighted by Crippen LogP contribution is 2.37. The summed E-state index contributed by atoms with van der Waals surface area (Å²) in [6, 6.07) is 7.34. The third kappa shape index (κ3) is 5.03. The van der Waals surface area contributed by atoms with Crippen molar-refractivity contribution in [1.29, 1.82) is 0 Å². The predicted molar refractivity (Wildman–Crippen MR) is 117 cm³/mol. The molecule has 0 spiro atoms. The lowest BCUT2D eigenvalue weighted by atomic mass is 10.1. The average molecular weight is 464 g/mol. The number of nitrogens with one attached hydrogen (secondary N) is 1. The Kier molecular flexibility index (Phi) is 6.41. The molecule has 1 N–H and O–H groups in total. The van der Waals surface area contributed by atoms with E-state index in [1.807, 2.05) is 9.80 Å². The molecule has 2 fully saturated rings.